The number of benzene rings is 1. The first-order valence-corrected chi connectivity index (χ1v) is 6.99. The molecule has 0 aliphatic carbocycles. The molecule has 0 bridgehead atoms. The number of aryl methyl sites for hydroxylation is 1. The summed E-state index contributed by atoms with van der Waals surface area (Å²) in [5.74, 6) is 0.451. The first-order chi connectivity index (χ1) is 10.7. The Morgan fingerprint density at radius 1 is 1.05 bits per heavy atom. The van der Waals surface area contributed by atoms with Crippen molar-refractivity contribution in [3.8, 4) is 16.9 Å². The van der Waals surface area contributed by atoms with Gasteiger partial charge in [0.05, 0.1) is 25.3 Å². The highest BCUT2D eigenvalue weighted by molar-refractivity contribution is 6.05. The number of aromatic nitrogens is 1. The summed E-state index contributed by atoms with van der Waals surface area (Å²) in [5.41, 5.74) is 4.28. The van der Waals surface area contributed by atoms with Crippen LogP contribution in [0.5, 0.6) is 5.75 Å². The summed E-state index contributed by atoms with van der Waals surface area (Å²) < 4.78 is 12.2. The third-order valence-electron chi connectivity index (χ3n) is 3.86. The van der Waals surface area contributed by atoms with Crippen molar-refractivity contribution in [1.82, 2.24) is 4.40 Å². The zero-order valence-electron chi connectivity index (χ0n) is 12.8. The summed E-state index contributed by atoms with van der Waals surface area (Å²) in [6, 6.07) is 13.5. The summed E-state index contributed by atoms with van der Waals surface area (Å²) in [7, 11) is 3.04. The van der Waals surface area contributed by atoms with E-state index in [1.807, 2.05) is 60.0 Å². The monoisotopic (exact) mass is 295 g/mol. The first-order valence-electron chi connectivity index (χ1n) is 6.99. The second-order valence-corrected chi connectivity index (χ2v) is 5.01. The number of ether oxygens (including phenoxy) is 2. The quantitative estimate of drug-likeness (QED) is 0.692. The molecule has 2 aromatic heterocycles. The first kappa shape index (κ1) is 14.2. The van der Waals surface area contributed by atoms with Gasteiger partial charge in [0, 0.05) is 17.5 Å². The molecule has 0 aliphatic heterocycles. The molecule has 0 amide bonds. The zero-order chi connectivity index (χ0) is 15.7. The highest BCUT2D eigenvalue weighted by atomic mass is 16.5. The Hall–Kier alpha value is -2.75. The smallest absolute Gasteiger partial charge is 0.340 e. The van der Waals surface area contributed by atoms with E-state index in [9.17, 15) is 4.79 Å². The maximum atomic E-state index is 12.3. The molecule has 0 saturated carbocycles. The topological polar surface area (TPSA) is 39.9 Å². The Labute approximate surface area is 128 Å². The van der Waals surface area contributed by atoms with Crippen molar-refractivity contribution in [2.24, 2.45) is 0 Å². The Morgan fingerprint density at radius 2 is 1.77 bits per heavy atom. The van der Waals surface area contributed by atoms with Gasteiger partial charge < -0.3 is 13.9 Å². The van der Waals surface area contributed by atoms with E-state index in [0.717, 1.165) is 28.1 Å². The lowest BCUT2D eigenvalue weighted by atomic mass is 10.0. The van der Waals surface area contributed by atoms with Crippen LogP contribution in [-0.4, -0.2) is 24.6 Å². The van der Waals surface area contributed by atoms with Crippen molar-refractivity contribution in [2.45, 2.75) is 6.92 Å². The number of carbonyl (C=O) groups is 1. The number of esters is 1. The molecule has 112 valence electrons. The second kappa shape index (κ2) is 5.56. The van der Waals surface area contributed by atoms with Crippen LogP contribution < -0.4 is 4.74 Å². The van der Waals surface area contributed by atoms with Crippen LogP contribution in [-0.2, 0) is 4.74 Å². The average molecular weight is 295 g/mol. The number of fused-ring (bicyclic) bond motifs is 1. The van der Waals surface area contributed by atoms with E-state index in [2.05, 4.69) is 0 Å². The van der Waals surface area contributed by atoms with E-state index in [4.69, 9.17) is 9.47 Å². The van der Waals surface area contributed by atoms with Crippen molar-refractivity contribution in [1.29, 1.82) is 0 Å². The standard InChI is InChI=1S/C18H17NO3/c1-12-16(13-7-9-14(21-2)10-8-13)17(18(20)22-3)15-6-4-5-11-19(12)15/h4-11H,1-3H3. The van der Waals surface area contributed by atoms with Gasteiger partial charge in [-0.05, 0) is 36.8 Å². The lowest BCUT2D eigenvalue weighted by Gasteiger charge is -2.06. The van der Waals surface area contributed by atoms with Crippen molar-refractivity contribution in [2.75, 3.05) is 14.2 Å². The van der Waals surface area contributed by atoms with Gasteiger partial charge in [-0.1, -0.05) is 18.2 Å². The lowest BCUT2D eigenvalue weighted by molar-refractivity contribution is 0.0604. The Morgan fingerprint density at radius 3 is 2.41 bits per heavy atom. The summed E-state index contributed by atoms with van der Waals surface area (Å²) in [5, 5.41) is 0. The predicted molar refractivity (Wildman–Crippen MR) is 85.5 cm³/mol. The summed E-state index contributed by atoms with van der Waals surface area (Å²) >= 11 is 0. The van der Waals surface area contributed by atoms with Crippen LogP contribution in [0.2, 0.25) is 0 Å². The molecule has 22 heavy (non-hydrogen) atoms. The molecule has 4 heteroatoms. The van der Waals surface area contributed by atoms with Gasteiger partial charge in [-0.25, -0.2) is 4.79 Å². The molecule has 0 radical (unpaired) electrons. The molecular weight excluding hydrogens is 278 g/mol. The molecule has 0 fully saturated rings. The number of methoxy groups -OCH3 is 2. The van der Waals surface area contributed by atoms with Gasteiger partial charge in [0.1, 0.15) is 5.75 Å². The van der Waals surface area contributed by atoms with Crippen molar-refractivity contribution < 1.29 is 14.3 Å². The minimum Gasteiger partial charge on any atom is -0.497 e. The van der Waals surface area contributed by atoms with Gasteiger partial charge in [-0.15, -0.1) is 0 Å². The fourth-order valence-corrected chi connectivity index (χ4v) is 2.79. The van der Waals surface area contributed by atoms with Gasteiger partial charge >= 0.3 is 5.97 Å². The molecular formula is C18H17NO3. The summed E-state index contributed by atoms with van der Waals surface area (Å²) in [6.07, 6.45) is 1.95. The molecule has 3 aromatic rings. The van der Waals surface area contributed by atoms with E-state index < -0.39 is 0 Å². The third kappa shape index (κ3) is 2.13. The molecule has 1 aromatic carbocycles. The van der Waals surface area contributed by atoms with Gasteiger partial charge in [0.15, 0.2) is 0 Å². The minimum atomic E-state index is -0.331. The zero-order valence-corrected chi connectivity index (χ0v) is 12.8. The highest BCUT2D eigenvalue weighted by Crippen LogP contribution is 2.34. The molecule has 2 heterocycles. The Balaban J connectivity index is 2.31. The normalized spacial score (nSPS) is 10.7. The number of carbonyl (C=O) groups excluding carboxylic acids is 1. The van der Waals surface area contributed by atoms with E-state index in [0.29, 0.717) is 5.56 Å². The van der Waals surface area contributed by atoms with E-state index >= 15 is 0 Å². The molecule has 0 saturated heterocycles. The Bertz CT molecular complexity index is 831. The van der Waals surface area contributed by atoms with Crippen LogP contribution in [0.15, 0.2) is 48.7 Å². The highest BCUT2D eigenvalue weighted by Gasteiger charge is 2.22. The van der Waals surface area contributed by atoms with Crippen molar-refractivity contribution >= 4 is 11.5 Å². The number of hydrogen-bond acceptors (Lipinski definition) is 3. The molecule has 0 aliphatic rings. The molecule has 0 unspecified atom stereocenters. The number of hydrogen-bond donors (Lipinski definition) is 0. The van der Waals surface area contributed by atoms with E-state index in [1.54, 1.807) is 7.11 Å². The SMILES string of the molecule is COC(=O)c1c(-c2ccc(OC)cc2)c(C)n2ccccc12. The molecule has 0 spiro atoms. The van der Waals surface area contributed by atoms with Crippen molar-refractivity contribution in [3.63, 3.8) is 0 Å². The molecule has 0 N–H and O–H groups in total. The molecule has 0 atom stereocenters. The fraction of sp³-hybridized carbons (Fsp3) is 0.167. The molecule has 3 rings (SSSR count). The van der Waals surface area contributed by atoms with Crippen LogP contribution in [0.3, 0.4) is 0 Å². The van der Waals surface area contributed by atoms with Crippen LogP contribution in [0.25, 0.3) is 16.6 Å². The maximum absolute atomic E-state index is 12.3. The second-order valence-electron chi connectivity index (χ2n) is 5.01. The fourth-order valence-electron chi connectivity index (χ4n) is 2.79. The maximum Gasteiger partial charge on any atom is 0.340 e. The lowest BCUT2D eigenvalue weighted by Crippen LogP contribution is -2.02. The Kier molecular flexibility index (Phi) is 3.59. The summed E-state index contributed by atoms with van der Waals surface area (Å²) in [4.78, 5) is 12.3. The largest absolute Gasteiger partial charge is 0.497 e. The number of nitrogens with zero attached hydrogens (tertiary/aromatic N) is 1. The average Bonchev–Trinajstić information content (AvgIpc) is 2.87. The van der Waals surface area contributed by atoms with Crippen LogP contribution in [0.4, 0.5) is 0 Å². The predicted octanol–water partition coefficient (Wildman–Crippen LogP) is 3.71. The van der Waals surface area contributed by atoms with Crippen LogP contribution >= 0.6 is 0 Å². The number of rotatable bonds is 3. The van der Waals surface area contributed by atoms with Crippen molar-refractivity contribution in [3.05, 3.63) is 59.9 Å². The van der Waals surface area contributed by atoms with Crippen LogP contribution in [0.1, 0.15) is 16.1 Å². The van der Waals surface area contributed by atoms with Gasteiger partial charge in [0.25, 0.3) is 0 Å². The van der Waals surface area contributed by atoms with Crippen LogP contribution in [0, 0.1) is 6.92 Å². The van der Waals surface area contributed by atoms with Gasteiger partial charge in [-0.3, -0.25) is 0 Å². The summed E-state index contributed by atoms with van der Waals surface area (Å²) in [6.45, 7) is 2.00. The third-order valence-corrected chi connectivity index (χ3v) is 3.86. The van der Waals surface area contributed by atoms with E-state index in [-0.39, 0.29) is 5.97 Å². The molecule has 4 nitrogen and oxygen atoms in total. The van der Waals surface area contributed by atoms with Gasteiger partial charge in [-0.2, -0.15) is 0 Å². The number of pyridine rings is 1. The van der Waals surface area contributed by atoms with E-state index in [1.165, 1.54) is 7.11 Å². The van der Waals surface area contributed by atoms with Gasteiger partial charge in [0.2, 0.25) is 0 Å². The minimum absolute atomic E-state index is 0.331.